The van der Waals surface area contributed by atoms with Crippen LogP contribution in [0.1, 0.15) is 46.9 Å². The standard InChI is InChI=1S/C26H29N3O3/c1-16(2)32-20-5-7-21(17(3)12-20)18-4-6-22-19(13-18)8-11-28-25(22)15-29-24-14-27-10-9-23(24)26(30)31/h4-7,9-10,12-14,16,25,28-29H,8,11,15H2,1-3H3,(H,30,31). The fourth-order valence-electron chi connectivity index (χ4n) is 4.24. The van der Waals surface area contributed by atoms with Gasteiger partial charge in [0.15, 0.2) is 0 Å². The van der Waals surface area contributed by atoms with Crippen molar-refractivity contribution in [2.24, 2.45) is 0 Å². The van der Waals surface area contributed by atoms with Gasteiger partial charge in [0.2, 0.25) is 0 Å². The molecule has 0 bridgehead atoms. The molecule has 0 spiro atoms. The predicted octanol–water partition coefficient (Wildman–Crippen LogP) is 4.84. The summed E-state index contributed by atoms with van der Waals surface area (Å²) in [6.45, 7) is 7.64. The Hall–Kier alpha value is -3.38. The van der Waals surface area contributed by atoms with E-state index in [1.54, 1.807) is 6.20 Å². The molecule has 166 valence electrons. The van der Waals surface area contributed by atoms with Crippen molar-refractivity contribution in [1.29, 1.82) is 0 Å². The van der Waals surface area contributed by atoms with Crippen LogP contribution in [0, 0.1) is 6.92 Å². The molecular formula is C26H29N3O3. The Balaban J connectivity index is 1.54. The fourth-order valence-corrected chi connectivity index (χ4v) is 4.24. The Kier molecular flexibility index (Phi) is 6.42. The predicted molar refractivity (Wildman–Crippen MR) is 127 cm³/mol. The van der Waals surface area contributed by atoms with Gasteiger partial charge in [0.1, 0.15) is 5.75 Å². The van der Waals surface area contributed by atoms with Crippen LogP contribution in [0.2, 0.25) is 0 Å². The Morgan fingerprint density at radius 2 is 2.09 bits per heavy atom. The monoisotopic (exact) mass is 431 g/mol. The summed E-state index contributed by atoms with van der Waals surface area (Å²) >= 11 is 0. The first-order chi connectivity index (χ1) is 15.4. The second-order valence-electron chi connectivity index (χ2n) is 8.42. The maximum Gasteiger partial charge on any atom is 0.337 e. The summed E-state index contributed by atoms with van der Waals surface area (Å²) in [6, 6.07) is 14.5. The number of carboxylic acids is 1. The van der Waals surface area contributed by atoms with Crippen LogP contribution in [0.3, 0.4) is 0 Å². The molecule has 1 aromatic heterocycles. The Morgan fingerprint density at radius 3 is 2.84 bits per heavy atom. The number of pyridine rings is 1. The Bertz CT molecular complexity index is 1130. The van der Waals surface area contributed by atoms with Crippen molar-refractivity contribution >= 4 is 11.7 Å². The number of anilines is 1. The van der Waals surface area contributed by atoms with Crippen molar-refractivity contribution in [3.05, 3.63) is 77.1 Å². The highest BCUT2D eigenvalue weighted by molar-refractivity contribution is 5.93. The topological polar surface area (TPSA) is 83.5 Å². The lowest BCUT2D eigenvalue weighted by atomic mass is 9.89. The van der Waals surface area contributed by atoms with Crippen LogP contribution in [0.4, 0.5) is 5.69 Å². The lowest BCUT2D eigenvalue weighted by Gasteiger charge is -2.28. The van der Waals surface area contributed by atoms with E-state index in [0.717, 1.165) is 18.7 Å². The van der Waals surface area contributed by atoms with Crippen molar-refractivity contribution in [1.82, 2.24) is 10.3 Å². The third-order valence-electron chi connectivity index (χ3n) is 5.73. The average molecular weight is 432 g/mol. The number of hydrogen-bond donors (Lipinski definition) is 3. The lowest BCUT2D eigenvalue weighted by Crippen LogP contribution is -2.34. The van der Waals surface area contributed by atoms with Gasteiger partial charge in [-0.25, -0.2) is 4.79 Å². The molecule has 6 nitrogen and oxygen atoms in total. The van der Waals surface area contributed by atoms with E-state index >= 15 is 0 Å². The second kappa shape index (κ2) is 9.40. The largest absolute Gasteiger partial charge is 0.491 e. The van der Waals surface area contributed by atoms with E-state index in [0.29, 0.717) is 12.2 Å². The van der Waals surface area contributed by atoms with Crippen LogP contribution < -0.4 is 15.4 Å². The zero-order valence-corrected chi connectivity index (χ0v) is 18.7. The first-order valence-electron chi connectivity index (χ1n) is 11.0. The molecule has 2 aromatic carbocycles. The van der Waals surface area contributed by atoms with Gasteiger partial charge in [-0.1, -0.05) is 24.3 Å². The zero-order chi connectivity index (χ0) is 22.7. The summed E-state index contributed by atoms with van der Waals surface area (Å²) in [7, 11) is 0. The van der Waals surface area contributed by atoms with Gasteiger partial charge in [0.25, 0.3) is 0 Å². The van der Waals surface area contributed by atoms with Crippen molar-refractivity contribution in [3.8, 4) is 16.9 Å². The molecule has 0 saturated carbocycles. The summed E-state index contributed by atoms with van der Waals surface area (Å²) in [4.78, 5) is 15.5. The lowest BCUT2D eigenvalue weighted by molar-refractivity contribution is 0.0697. The number of aryl methyl sites for hydroxylation is 1. The van der Waals surface area contributed by atoms with E-state index in [9.17, 15) is 9.90 Å². The van der Waals surface area contributed by atoms with Gasteiger partial charge >= 0.3 is 5.97 Å². The SMILES string of the molecule is Cc1cc(OC(C)C)ccc1-c1ccc2c(c1)CCNC2CNc1cnccc1C(=O)O. The van der Waals surface area contributed by atoms with Crippen molar-refractivity contribution in [3.63, 3.8) is 0 Å². The number of hydrogen-bond acceptors (Lipinski definition) is 5. The van der Waals surface area contributed by atoms with Gasteiger partial charge in [0, 0.05) is 18.8 Å². The van der Waals surface area contributed by atoms with Crippen LogP contribution in [-0.4, -0.2) is 35.3 Å². The number of aromatic carboxylic acids is 1. The summed E-state index contributed by atoms with van der Waals surface area (Å²) in [5.41, 5.74) is 6.92. The molecule has 1 unspecified atom stereocenters. The number of aromatic nitrogens is 1. The van der Waals surface area contributed by atoms with Gasteiger partial charge < -0.3 is 20.5 Å². The molecule has 6 heteroatoms. The minimum atomic E-state index is -0.961. The smallest absolute Gasteiger partial charge is 0.337 e. The number of fused-ring (bicyclic) bond motifs is 1. The summed E-state index contributed by atoms with van der Waals surface area (Å²) in [5, 5.41) is 16.2. The third-order valence-corrected chi connectivity index (χ3v) is 5.73. The van der Waals surface area contributed by atoms with Crippen LogP contribution in [0.25, 0.3) is 11.1 Å². The van der Waals surface area contributed by atoms with E-state index in [1.807, 2.05) is 19.9 Å². The third kappa shape index (κ3) is 4.75. The average Bonchev–Trinajstić information content (AvgIpc) is 2.77. The van der Waals surface area contributed by atoms with E-state index in [1.165, 1.54) is 40.1 Å². The molecule has 3 aromatic rings. The highest BCUT2D eigenvalue weighted by Crippen LogP contribution is 2.32. The molecule has 32 heavy (non-hydrogen) atoms. The van der Waals surface area contributed by atoms with Crippen LogP contribution >= 0.6 is 0 Å². The molecule has 1 atom stereocenters. The molecule has 1 aliphatic rings. The molecule has 0 aliphatic carbocycles. The highest BCUT2D eigenvalue weighted by Gasteiger charge is 2.21. The summed E-state index contributed by atoms with van der Waals surface area (Å²) in [5.74, 6) is -0.0672. The maximum atomic E-state index is 11.5. The number of nitrogens with one attached hydrogen (secondary N) is 2. The Morgan fingerprint density at radius 1 is 1.25 bits per heavy atom. The maximum absolute atomic E-state index is 11.5. The van der Waals surface area contributed by atoms with E-state index in [2.05, 4.69) is 52.9 Å². The molecule has 2 heterocycles. The molecular weight excluding hydrogens is 402 g/mol. The first kappa shape index (κ1) is 21.8. The normalized spacial score (nSPS) is 15.3. The van der Waals surface area contributed by atoms with Crippen molar-refractivity contribution in [2.45, 2.75) is 39.3 Å². The molecule has 4 rings (SSSR count). The molecule has 1 aliphatic heterocycles. The second-order valence-corrected chi connectivity index (χ2v) is 8.42. The van der Waals surface area contributed by atoms with Gasteiger partial charge in [-0.2, -0.15) is 0 Å². The van der Waals surface area contributed by atoms with E-state index < -0.39 is 5.97 Å². The molecule has 0 fully saturated rings. The van der Waals surface area contributed by atoms with E-state index in [4.69, 9.17) is 4.74 Å². The van der Waals surface area contributed by atoms with Crippen LogP contribution in [0.15, 0.2) is 54.9 Å². The van der Waals surface area contributed by atoms with Gasteiger partial charge in [0.05, 0.1) is 23.6 Å². The number of benzene rings is 2. The minimum absolute atomic E-state index is 0.0950. The quantitative estimate of drug-likeness (QED) is 0.496. The molecule has 3 N–H and O–H groups in total. The summed E-state index contributed by atoms with van der Waals surface area (Å²) < 4.78 is 5.82. The minimum Gasteiger partial charge on any atom is -0.491 e. The number of carbonyl (C=O) groups is 1. The number of carboxylic acid groups (broad SMARTS) is 1. The molecule has 0 saturated heterocycles. The highest BCUT2D eigenvalue weighted by atomic mass is 16.5. The van der Waals surface area contributed by atoms with Gasteiger partial charge in [-0.15, -0.1) is 0 Å². The van der Waals surface area contributed by atoms with Crippen LogP contribution in [-0.2, 0) is 6.42 Å². The fraction of sp³-hybridized carbons (Fsp3) is 0.308. The number of nitrogens with zero attached hydrogens (tertiary/aromatic N) is 1. The Labute approximate surface area is 188 Å². The van der Waals surface area contributed by atoms with Gasteiger partial charge in [-0.3, -0.25) is 4.98 Å². The van der Waals surface area contributed by atoms with Crippen molar-refractivity contribution < 1.29 is 14.6 Å². The number of ether oxygens (including phenoxy) is 1. The number of rotatable bonds is 7. The molecule has 0 radical (unpaired) electrons. The molecule has 0 amide bonds. The van der Waals surface area contributed by atoms with Crippen molar-refractivity contribution in [2.75, 3.05) is 18.4 Å². The van der Waals surface area contributed by atoms with Crippen LogP contribution in [0.5, 0.6) is 5.75 Å². The van der Waals surface area contributed by atoms with Gasteiger partial charge in [-0.05, 0) is 79.8 Å². The van der Waals surface area contributed by atoms with E-state index in [-0.39, 0.29) is 17.7 Å². The first-order valence-corrected chi connectivity index (χ1v) is 11.0. The zero-order valence-electron chi connectivity index (χ0n) is 18.7. The summed E-state index contributed by atoms with van der Waals surface area (Å²) in [6.07, 6.45) is 4.17.